The quantitative estimate of drug-likeness (QED) is 0.666. The van der Waals surface area contributed by atoms with E-state index in [1.807, 2.05) is 6.07 Å². The molecule has 2 aliphatic carbocycles. The molecule has 1 aromatic heterocycles. The van der Waals surface area contributed by atoms with E-state index in [4.69, 9.17) is 0 Å². The van der Waals surface area contributed by atoms with Crippen LogP contribution < -0.4 is 10.9 Å². The summed E-state index contributed by atoms with van der Waals surface area (Å²) in [5.74, 6) is 1.17. The van der Waals surface area contributed by atoms with E-state index in [1.165, 1.54) is 11.1 Å². The van der Waals surface area contributed by atoms with Crippen LogP contribution in [-0.2, 0) is 12.0 Å². The molecule has 0 aromatic carbocycles. The van der Waals surface area contributed by atoms with Crippen molar-refractivity contribution in [2.75, 3.05) is 13.2 Å². The summed E-state index contributed by atoms with van der Waals surface area (Å²) in [7, 11) is 0. The zero-order valence-corrected chi connectivity index (χ0v) is 11.6. The van der Waals surface area contributed by atoms with Gasteiger partial charge in [-0.05, 0) is 49.1 Å². The van der Waals surface area contributed by atoms with E-state index in [1.54, 1.807) is 6.07 Å². The smallest absolute Gasteiger partial charge is 0.248 e. The molecule has 4 heteroatoms. The van der Waals surface area contributed by atoms with E-state index in [0.29, 0.717) is 17.8 Å². The predicted octanol–water partition coefficient (Wildman–Crippen LogP) is 0.920. The number of hydrogen-bond donors (Lipinski definition) is 3. The zero-order chi connectivity index (χ0) is 13.9. The number of fused-ring (bicyclic) bond motifs is 1. The topological polar surface area (TPSA) is 65.1 Å². The van der Waals surface area contributed by atoms with Gasteiger partial charge in [-0.25, -0.2) is 0 Å². The fourth-order valence-corrected chi connectivity index (χ4v) is 4.89. The van der Waals surface area contributed by atoms with Crippen molar-refractivity contribution in [1.29, 1.82) is 0 Å². The SMILES string of the molecule is CC1=C[C@H]2Cc3[nH]c(=O)ccc3[C@]3(C1)NC[C@@H](CO)[C@H]23. The average molecular weight is 272 g/mol. The summed E-state index contributed by atoms with van der Waals surface area (Å²) in [5, 5.41) is 13.4. The number of nitrogens with one attached hydrogen (secondary N) is 2. The van der Waals surface area contributed by atoms with E-state index >= 15 is 0 Å². The highest BCUT2D eigenvalue weighted by molar-refractivity contribution is 5.41. The molecule has 2 heterocycles. The number of allylic oxidation sites excluding steroid dienone is 1. The highest BCUT2D eigenvalue weighted by Gasteiger charge is 2.56. The van der Waals surface area contributed by atoms with E-state index in [2.05, 4.69) is 23.3 Å². The molecule has 106 valence electrons. The number of H-pyrrole nitrogens is 1. The number of aromatic amines is 1. The Balaban J connectivity index is 1.94. The standard InChI is InChI=1S/C16H20N2O2/c1-9-4-10-5-13-12(2-3-14(20)18-13)16(6-9)15(10)11(8-19)7-17-16/h2-4,10-11,15,17,19H,5-8H2,1H3,(H,18,20)/t10-,11-,15-,16-/m0/s1. The van der Waals surface area contributed by atoms with Crippen molar-refractivity contribution >= 4 is 0 Å². The lowest BCUT2D eigenvalue weighted by molar-refractivity contribution is 0.111. The minimum Gasteiger partial charge on any atom is -0.396 e. The largest absolute Gasteiger partial charge is 0.396 e. The minimum atomic E-state index is -0.0886. The van der Waals surface area contributed by atoms with Crippen LogP contribution in [0.15, 0.2) is 28.6 Å². The molecule has 1 fully saturated rings. The fourth-order valence-electron chi connectivity index (χ4n) is 4.89. The first kappa shape index (κ1) is 12.4. The van der Waals surface area contributed by atoms with Crippen LogP contribution in [0, 0.1) is 17.8 Å². The molecule has 0 spiro atoms. The summed E-state index contributed by atoms with van der Waals surface area (Å²) < 4.78 is 0. The predicted molar refractivity (Wildman–Crippen MR) is 76.4 cm³/mol. The fraction of sp³-hybridized carbons (Fsp3) is 0.562. The van der Waals surface area contributed by atoms with E-state index in [9.17, 15) is 9.90 Å². The first-order chi connectivity index (χ1) is 9.64. The van der Waals surface area contributed by atoms with Crippen LogP contribution in [0.2, 0.25) is 0 Å². The second kappa shape index (κ2) is 4.06. The van der Waals surface area contributed by atoms with Crippen molar-refractivity contribution in [3.8, 4) is 0 Å². The molecule has 3 aliphatic rings. The molecule has 3 N–H and O–H groups in total. The van der Waals surface area contributed by atoms with Crippen LogP contribution in [0.5, 0.6) is 0 Å². The number of aromatic nitrogens is 1. The molecule has 0 radical (unpaired) electrons. The molecular weight excluding hydrogens is 252 g/mol. The van der Waals surface area contributed by atoms with Gasteiger partial charge in [-0.15, -0.1) is 0 Å². The molecule has 0 amide bonds. The Hall–Kier alpha value is -1.39. The van der Waals surface area contributed by atoms with Crippen LogP contribution in [-0.4, -0.2) is 23.2 Å². The van der Waals surface area contributed by atoms with Crippen molar-refractivity contribution < 1.29 is 5.11 Å². The summed E-state index contributed by atoms with van der Waals surface area (Å²) >= 11 is 0. The van der Waals surface area contributed by atoms with Crippen LogP contribution in [0.25, 0.3) is 0 Å². The summed E-state index contributed by atoms with van der Waals surface area (Å²) in [4.78, 5) is 14.6. The van der Waals surface area contributed by atoms with Crippen molar-refractivity contribution in [2.45, 2.75) is 25.3 Å². The van der Waals surface area contributed by atoms with Gasteiger partial charge >= 0.3 is 0 Å². The zero-order valence-electron chi connectivity index (χ0n) is 11.6. The number of aliphatic hydroxyl groups excluding tert-OH is 1. The lowest BCUT2D eigenvalue weighted by Gasteiger charge is -2.49. The molecule has 4 nitrogen and oxygen atoms in total. The highest BCUT2D eigenvalue weighted by atomic mass is 16.3. The third kappa shape index (κ3) is 1.46. The highest BCUT2D eigenvalue weighted by Crippen LogP contribution is 2.55. The van der Waals surface area contributed by atoms with Crippen molar-refractivity contribution in [3.05, 3.63) is 45.4 Å². The lowest BCUT2D eigenvalue weighted by atomic mass is 9.58. The van der Waals surface area contributed by atoms with Crippen LogP contribution >= 0.6 is 0 Å². The van der Waals surface area contributed by atoms with Gasteiger partial charge in [0.2, 0.25) is 5.56 Å². The summed E-state index contributed by atoms with van der Waals surface area (Å²) in [5.41, 5.74) is 3.62. The Morgan fingerprint density at radius 1 is 1.45 bits per heavy atom. The van der Waals surface area contributed by atoms with Gasteiger partial charge in [0.05, 0.1) is 5.54 Å². The summed E-state index contributed by atoms with van der Waals surface area (Å²) in [6.45, 7) is 3.29. The molecular formula is C16H20N2O2. The minimum absolute atomic E-state index is 0.0194. The van der Waals surface area contributed by atoms with Gasteiger partial charge in [-0.1, -0.05) is 11.6 Å². The van der Waals surface area contributed by atoms with Gasteiger partial charge in [0, 0.05) is 24.9 Å². The number of aliphatic hydroxyl groups is 1. The first-order valence-electron chi connectivity index (χ1n) is 7.40. The molecule has 1 aromatic rings. The molecule has 2 bridgehead atoms. The monoisotopic (exact) mass is 272 g/mol. The summed E-state index contributed by atoms with van der Waals surface area (Å²) in [6.07, 6.45) is 4.21. The molecule has 20 heavy (non-hydrogen) atoms. The Kier molecular flexibility index (Phi) is 2.51. The van der Waals surface area contributed by atoms with Gasteiger partial charge in [0.1, 0.15) is 0 Å². The maximum atomic E-state index is 11.6. The van der Waals surface area contributed by atoms with Gasteiger partial charge in [-0.2, -0.15) is 0 Å². The van der Waals surface area contributed by atoms with Crippen molar-refractivity contribution in [1.82, 2.24) is 10.3 Å². The van der Waals surface area contributed by atoms with Gasteiger partial charge in [0.15, 0.2) is 0 Å². The molecule has 4 atom stereocenters. The maximum absolute atomic E-state index is 11.6. The lowest BCUT2D eigenvalue weighted by Crippen LogP contribution is -2.51. The van der Waals surface area contributed by atoms with Gasteiger partial charge in [0.25, 0.3) is 0 Å². The van der Waals surface area contributed by atoms with Crippen molar-refractivity contribution in [3.63, 3.8) is 0 Å². The molecule has 1 aliphatic heterocycles. The van der Waals surface area contributed by atoms with E-state index in [0.717, 1.165) is 25.1 Å². The second-order valence-corrected chi connectivity index (χ2v) is 6.59. The van der Waals surface area contributed by atoms with E-state index < -0.39 is 0 Å². The van der Waals surface area contributed by atoms with Gasteiger partial charge in [-0.3, -0.25) is 4.79 Å². The molecule has 4 rings (SSSR count). The third-order valence-electron chi connectivity index (χ3n) is 5.43. The van der Waals surface area contributed by atoms with Crippen LogP contribution in [0.3, 0.4) is 0 Å². The Bertz CT molecular complexity index is 648. The number of pyridine rings is 1. The van der Waals surface area contributed by atoms with Crippen molar-refractivity contribution in [2.24, 2.45) is 17.8 Å². The third-order valence-corrected chi connectivity index (χ3v) is 5.43. The van der Waals surface area contributed by atoms with E-state index in [-0.39, 0.29) is 17.7 Å². The van der Waals surface area contributed by atoms with Crippen LogP contribution in [0.4, 0.5) is 0 Å². The van der Waals surface area contributed by atoms with Gasteiger partial charge < -0.3 is 15.4 Å². The number of rotatable bonds is 1. The van der Waals surface area contributed by atoms with Crippen LogP contribution in [0.1, 0.15) is 24.6 Å². The normalized spacial score (nSPS) is 38.1. The average Bonchev–Trinajstić information content (AvgIpc) is 2.78. The molecule has 0 saturated carbocycles. The first-order valence-corrected chi connectivity index (χ1v) is 7.40. The Labute approximate surface area is 117 Å². The Morgan fingerprint density at radius 2 is 2.30 bits per heavy atom. The maximum Gasteiger partial charge on any atom is 0.248 e. The summed E-state index contributed by atoms with van der Waals surface area (Å²) in [6, 6.07) is 3.62. The number of hydrogen-bond acceptors (Lipinski definition) is 3. The molecule has 1 saturated heterocycles. The molecule has 0 unspecified atom stereocenters. The Morgan fingerprint density at radius 3 is 3.10 bits per heavy atom. The second-order valence-electron chi connectivity index (χ2n) is 6.59.